The molecule has 0 bridgehead atoms. The quantitative estimate of drug-likeness (QED) is 0.851. The minimum absolute atomic E-state index is 0.0280. The Morgan fingerprint density at radius 1 is 1.22 bits per heavy atom. The van der Waals surface area contributed by atoms with Crippen LogP contribution in [0.15, 0.2) is 0 Å². The van der Waals surface area contributed by atoms with E-state index in [1.54, 1.807) is 0 Å². The number of carbonyl (C=O) groups is 2. The fourth-order valence-electron chi connectivity index (χ4n) is 3.68. The standard InChI is InChI=1S/C15H23F3N2O3/c1-11(22)20-6-2-5-14(20,10-21)9-13(23)19-7-3-12(4-8-19)15(16,17)18/h12,21H,2-10H2,1H3. The Balaban J connectivity index is 1.98. The van der Waals surface area contributed by atoms with Gasteiger partial charge in [-0.05, 0) is 25.7 Å². The van der Waals surface area contributed by atoms with E-state index in [1.807, 2.05) is 0 Å². The lowest BCUT2D eigenvalue weighted by Gasteiger charge is -2.39. The van der Waals surface area contributed by atoms with Crippen LogP contribution in [0.4, 0.5) is 13.2 Å². The summed E-state index contributed by atoms with van der Waals surface area (Å²) < 4.78 is 38.0. The molecular weight excluding hydrogens is 313 g/mol. The van der Waals surface area contributed by atoms with Gasteiger partial charge in [0, 0.05) is 26.6 Å². The molecule has 0 aromatic carbocycles. The van der Waals surface area contributed by atoms with Gasteiger partial charge in [0.05, 0.1) is 24.5 Å². The number of halogens is 3. The number of hydrogen-bond donors (Lipinski definition) is 1. The van der Waals surface area contributed by atoms with E-state index in [1.165, 1.54) is 16.7 Å². The van der Waals surface area contributed by atoms with E-state index in [0.29, 0.717) is 19.4 Å². The van der Waals surface area contributed by atoms with Crippen molar-refractivity contribution in [1.82, 2.24) is 9.80 Å². The third kappa shape index (κ3) is 3.79. The summed E-state index contributed by atoms with van der Waals surface area (Å²) in [6.07, 6.45) is -3.16. The number of carbonyl (C=O) groups excluding carboxylic acids is 2. The summed E-state index contributed by atoms with van der Waals surface area (Å²) >= 11 is 0. The summed E-state index contributed by atoms with van der Waals surface area (Å²) in [5, 5.41) is 9.72. The normalized spacial score (nSPS) is 26.7. The minimum atomic E-state index is -4.21. The van der Waals surface area contributed by atoms with Crippen LogP contribution in [-0.2, 0) is 9.59 Å². The lowest BCUT2D eigenvalue weighted by atomic mass is 9.90. The molecule has 132 valence electrons. The SMILES string of the molecule is CC(=O)N1CCCC1(CO)CC(=O)N1CCC(C(F)(F)F)CC1. The van der Waals surface area contributed by atoms with Gasteiger partial charge in [-0.2, -0.15) is 13.2 Å². The van der Waals surface area contributed by atoms with Crippen molar-refractivity contribution in [3.05, 3.63) is 0 Å². The van der Waals surface area contributed by atoms with Gasteiger partial charge in [0.25, 0.3) is 0 Å². The maximum absolute atomic E-state index is 12.7. The molecule has 0 aromatic rings. The topological polar surface area (TPSA) is 60.9 Å². The predicted octanol–water partition coefficient (Wildman–Crippen LogP) is 1.55. The van der Waals surface area contributed by atoms with E-state index >= 15 is 0 Å². The molecule has 5 nitrogen and oxygen atoms in total. The Kier molecular flexibility index (Phi) is 5.23. The molecule has 23 heavy (non-hydrogen) atoms. The number of aliphatic hydroxyl groups excluding tert-OH is 1. The predicted molar refractivity (Wildman–Crippen MR) is 76.4 cm³/mol. The number of amides is 2. The summed E-state index contributed by atoms with van der Waals surface area (Å²) in [7, 11) is 0. The van der Waals surface area contributed by atoms with Gasteiger partial charge in [0.2, 0.25) is 11.8 Å². The molecule has 2 fully saturated rings. The minimum Gasteiger partial charge on any atom is -0.394 e. The van der Waals surface area contributed by atoms with Gasteiger partial charge < -0.3 is 14.9 Å². The first-order valence-corrected chi connectivity index (χ1v) is 7.93. The van der Waals surface area contributed by atoms with E-state index < -0.39 is 17.6 Å². The molecule has 2 aliphatic rings. The van der Waals surface area contributed by atoms with Crippen LogP contribution < -0.4 is 0 Å². The zero-order valence-corrected chi connectivity index (χ0v) is 13.2. The Bertz CT molecular complexity index is 461. The summed E-state index contributed by atoms with van der Waals surface area (Å²) in [4.78, 5) is 27.1. The van der Waals surface area contributed by atoms with Gasteiger partial charge in [-0.15, -0.1) is 0 Å². The molecule has 0 aromatic heterocycles. The van der Waals surface area contributed by atoms with E-state index in [2.05, 4.69) is 0 Å². The van der Waals surface area contributed by atoms with Crippen LogP contribution in [0.25, 0.3) is 0 Å². The molecule has 0 spiro atoms. The second-order valence-electron chi connectivity index (χ2n) is 6.53. The van der Waals surface area contributed by atoms with Crippen LogP contribution in [0.1, 0.15) is 39.0 Å². The van der Waals surface area contributed by atoms with E-state index in [9.17, 15) is 27.9 Å². The smallest absolute Gasteiger partial charge is 0.391 e. The Morgan fingerprint density at radius 3 is 2.30 bits per heavy atom. The van der Waals surface area contributed by atoms with Gasteiger partial charge >= 0.3 is 6.18 Å². The molecule has 1 unspecified atom stereocenters. The summed E-state index contributed by atoms with van der Waals surface area (Å²) in [6, 6.07) is 0. The van der Waals surface area contributed by atoms with Crippen molar-refractivity contribution in [3.8, 4) is 0 Å². The number of piperidine rings is 1. The highest BCUT2D eigenvalue weighted by Crippen LogP contribution is 2.36. The average Bonchev–Trinajstić information content (AvgIpc) is 2.91. The molecule has 2 heterocycles. The second-order valence-corrected chi connectivity index (χ2v) is 6.53. The van der Waals surface area contributed by atoms with Crippen LogP contribution in [0.5, 0.6) is 0 Å². The van der Waals surface area contributed by atoms with Crippen LogP contribution in [-0.4, -0.2) is 64.7 Å². The van der Waals surface area contributed by atoms with Gasteiger partial charge in [0.1, 0.15) is 0 Å². The third-order valence-electron chi connectivity index (χ3n) is 5.06. The first-order valence-electron chi connectivity index (χ1n) is 7.93. The first-order chi connectivity index (χ1) is 10.7. The molecule has 0 radical (unpaired) electrons. The van der Waals surface area contributed by atoms with Crippen molar-refractivity contribution in [2.45, 2.75) is 50.7 Å². The zero-order valence-electron chi connectivity index (χ0n) is 13.2. The average molecular weight is 336 g/mol. The monoisotopic (exact) mass is 336 g/mol. The largest absolute Gasteiger partial charge is 0.394 e. The van der Waals surface area contributed by atoms with Crippen molar-refractivity contribution in [3.63, 3.8) is 0 Å². The van der Waals surface area contributed by atoms with E-state index in [4.69, 9.17) is 0 Å². The van der Waals surface area contributed by atoms with Crippen molar-refractivity contribution in [2.75, 3.05) is 26.2 Å². The Labute approximate surface area is 133 Å². The van der Waals surface area contributed by atoms with Gasteiger partial charge in [-0.3, -0.25) is 9.59 Å². The van der Waals surface area contributed by atoms with Crippen molar-refractivity contribution in [1.29, 1.82) is 0 Å². The highest BCUT2D eigenvalue weighted by Gasteiger charge is 2.46. The molecular formula is C15H23F3N2O3. The molecule has 2 aliphatic heterocycles. The third-order valence-corrected chi connectivity index (χ3v) is 5.06. The molecule has 2 rings (SSSR count). The van der Waals surface area contributed by atoms with E-state index in [-0.39, 0.29) is 50.8 Å². The second kappa shape index (κ2) is 6.67. The number of likely N-dealkylation sites (tertiary alicyclic amines) is 2. The summed E-state index contributed by atoms with van der Waals surface area (Å²) in [5.41, 5.74) is -0.899. The number of hydrogen-bond acceptors (Lipinski definition) is 3. The number of rotatable bonds is 3. The highest BCUT2D eigenvalue weighted by molar-refractivity contribution is 5.80. The lowest BCUT2D eigenvalue weighted by molar-refractivity contribution is -0.186. The van der Waals surface area contributed by atoms with Crippen molar-refractivity contribution < 1.29 is 27.9 Å². The van der Waals surface area contributed by atoms with Gasteiger partial charge in [-0.1, -0.05) is 0 Å². The molecule has 2 amide bonds. The van der Waals surface area contributed by atoms with Crippen LogP contribution >= 0.6 is 0 Å². The van der Waals surface area contributed by atoms with Gasteiger partial charge in [0.15, 0.2) is 0 Å². The fourth-order valence-corrected chi connectivity index (χ4v) is 3.68. The Morgan fingerprint density at radius 2 is 1.83 bits per heavy atom. The molecule has 0 aliphatic carbocycles. The van der Waals surface area contributed by atoms with Crippen LogP contribution in [0.2, 0.25) is 0 Å². The maximum atomic E-state index is 12.7. The summed E-state index contributed by atoms with van der Waals surface area (Å²) in [6.45, 7) is 1.74. The number of nitrogens with zero attached hydrogens (tertiary/aromatic N) is 2. The zero-order chi connectivity index (χ0) is 17.3. The van der Waals surface area contributed by atoms with Crippen molar-refractivity contribution in [2.24, 2.45) is 5.92 Å². The molecule has 2 saturated heterocycles. The van der Waals surface area contributed by atoms with Crippen molar-refractivity contribution >= 4 is 11.8 Å². The molecule has 0 saturated carbocycles. The Hall–Kier alpha value is -1.31. The molecule has 1 atom stereocenters. The summed E-state index contributed by atoms with van der Waals surface area (Å²) in [5.74, 6) is -1.83. The van der Waals surface area contributed by atoms with Crippen LogP contribution in [0, 0.1) is 5.92 Å². The lowest BCUT2D eigenvalue weighted by Crippen LogP contribution is -2.53. The molecule has 1 N–H and O–H groups in total. The number of alkyl halides is 3. The van der Waals surface area contributed by atoms with E-state index in [0.717, 1.165) is 0 Å². The fraction of sp³-hybridized carbons (Fsp3) is 0.867. The van der Waals surface area contributed by atoms with Crippen LogP contribution in [0.3, 0.4) is 0 Å². The maximum Gasteiger partial charge on any atom is 0.391 e. The molecule has 8 heteroatoms. The first kappa shape index (κ1) is 18.0. The number of aliphatic hydroxyl groups is 1. The highest BCUT2D eigenvalue weighted by atomic mass is 19.4. The van der Waals surface area contributed by atoms with Gasteiger partial charge in [-0.25, -0.2) is 0 Å².